The fourth-order valence-electron chi connectivity index (χ4n) is 3.00. The van der Waals surface area contributed by atoms with Crippen LogP contribution in [0.5, 0.6) is 5.75 Å². The van der Waals surface area contributed by atoms with Gasteiger partial charge in [-0.3, -0.25) is 0 Å². The summed E-state index contributed by atoms with van der Waals surface area (Å²) in [5, 5.41) is 13.0. The van der Waals surface area contributed by atoms with Crippen LogP contribution in [0.3, 0.4) is 0 Å². The zero-order chi connectivity index (χ0) is 21.9. The van der Waals surface area contributed by atoms with Crippen molar-refractivity contribution in [2.45, 2.75) is 24.9 Å². The molecule has 0 saturated carbocycles. The van der Waals surface area contributed by atoms with Crippen LogP contribution in [0.4, 0.5) is 13.2 Å². The maximum atomic E-state index is 13.1. The Bertz CT molecular complexity index is 1000. The highest BCUT2D eigenvalue weighted by molar-refractivity contribution is 8.13. The van der Waals surface area contributed by atoms with Gasteiger partial charge < -0.3 is 15.2 Å². The van der Waals surface area contributed by atoms with Crippen molar-refractivity contribution in [2.75, 3.05) is 7.11 Å². The van der Waals surface area contributed by atoms with Crippen LogP contribution in [-0.4, -0.2) is 23.4 Å². The molecule has 30 heavy (non-hydrogen) atoms. The predicted molar refractivity (Wildman–Crippen MR) is 109 cm³/mol. The van der Waals surface area contributed by atoms with E-state index in [1.165, 1.54) is 23.9 Å². The summed E-state index contributed by atoms with van der Waals surface area (Å²) < 4.78 is 44.5. The molecular formula is C21H19F3N2O3S. The third-order valence-electron chi connectivity index (χ3n) is 4.51. The Kier molecular flexibility index (Phi) is 6.40. The molecule has 2 N–H and O–H groups in total. The number of ether oxygens (including phenoxy) is 1. The number of carboxylic acids is 1. The van der Waals surface area contributed by atoms with Gasteiger partial charge in [0.25, 0.3) is 0 Å². The lowest BCUT2D eigenvalue weighted by atomic mass is 9.95. The molecule has 2 aromatic carbocycles. The third-order valence-corrected chi connectivity index (χ3v) is 5.47. The van der Waals surface area contributed by atoms with E-state index in [-0.39, 0.29) is 11.1 Å². The quantitative estimate of drug-likeness (QED) is 0.690. The average molecular weight is 436 g/mol. The minimum Gasteiger partial charge on any atom is -0.497 e. The van der Waals surface area contributed by atoms with Crippen LogP contribution in [0.1, 0.15) is 29.7 Å². The predicted octanol–water partition coefficient (Wildman–Crippen LogP) is 5.01. The van der Waals surface area contributed by atoms with Crippen molar-refractivity contribution in [2.24, 2.45) is 4.99 Å². The first kappa shape index (κ1) is 21.8. The molecular weight excluding hydrogens is 417 g/mol. The van der Waals surface area contributed by atoms with Gasteiger partial charge >= 0.3 is 12.1 Å². The first-order valence-corrected chi connectivity index (χ1v) is 9.89. The van der Waals surface area contributed by atoms with Gasteiger partial charge in [0, 0.05) is 11.4 Å². The summed E-state index contributed by atoms with van der Waals surface area (Å²) in [5.74, 6) is 0.0395. The first-order chi connectivity index (χ1) is 14.2. The van der Waals surface area contributed by atoms with Gasteiger partial charge in [0.05, 0.1) is 18.2 Å². The molecule has 0 radical (unpaired) electrons. The summed E-state index contributed by atoms with van der Waals surface area (Å²) >= 11 is 1.34. The molecule has 1 aliphatic heterocycles. The smallest absolute Gasteiger partial charge is 0.416 e. The fraction of sp³-hybridized carbons (Fsp3) is 0.238. The molecule has 0 spiro atoms. The van der Waals surface area contributed by atoms with Crippen molar-refractivity contribution < 1.29 is 27.8 Å². The molecule has 0 amide bonds. The van der Waals surface area contributed by atoms with Gasteiger partial charge in [-0.1, -0.05) is 36.0 Å². The van der Waals surface area contributed by atoms with Crippen LogP contribution in [0.25, 0.3) is 0 Å². The van der Waals surface area contributed by atoms with E-state index in [9.17, 15) is 23.1 Å². The maximum Gasteiger partial charge on any atom is 0.416 e. The number of rotatable bonds is 5. The number of halogens is 3. The van der Waals surface area contributed by atoms with Crippen molar-refractivity contribution >= 4 is 22.9 Å². The molecule has 158 valence electrons. The van der Waals surface area contributed by atoms with Crippen molar-refractivity contribution in [3.8, 4) is 5.75 Å². The van der Waals surface area contributed by atoms with Crippen molar-refractivity contribution in [1.82, 2.24) is 5.32 Å². The second kappa shape index (κ2) is 8.83. The van der Waals surface area contributed by atoms with Crippen LogP contribution in [0.15, 0.2) is 64.8 Å². The number of allylic oxidation sites excluding steroid dienone is 1. The van der Waals surface area contributed by atoms with Crippen molar-refractivity contribution in [3.05, 3.63) is 76.5 Å². The highest BCUT2D eigenvalue weighted by Gasteiger charge is 2.33. The molecule has 2 aromatic rings. The summed E-state index contributed by atoms with van der Waals surface area (Å²) in [6.07, 6.45) is -4.53. The minimum absolute atomic E-state index is 0.0804. The number of hydrogen-bond donors (Lipinski definition) is 2. The van der Waals surface area contributed by atoms with Crippen LogP contribution < -0.4 is 10.1 Å². The van der Waals surface area contributed by atoms with Gasteiger partial charge in [0.15, 0.2) is 5.17 Å². The zero-order valence-electron chi connectivity index (χ0n) is 16.2. The molecule has 1 heterocycles. The largest absolute Gasteiger partial charge is 0.497 e. The van der Waals surface area contributed by atoms with Gasteiger partial charge in [-0.2, -0.15) is 13.2 Å². The normalized spacial score (nSPS) is 16.7. The number of aliphatic carboxylic acids is 1. The number of amidine groups is 1. The van der Waals surface area contributed by atoms with Crippen LogP contribution >= 0.6 is 11.8 Å². The van der Waals surface area contributed by atoms with E-state index in [1.54, 1.807) is 14.0 Å². The van der Waals surface area contributed by atoms with Gasteiger partial charge in [-0.25, -0.2) is 9.79 Å². The summed E-state index contributed by atoms with van der Waals surface area (Å²) in [4.78, 5) is 16.2. The summed E-state index contributed by atoms with van der Waals surface area (Å²) in [6.45, 7) is 1.58. The molecule has 1 unspecified atom stereocenters. The number of carboxylic acid groups (broad SMARTS) is 1. The van der Waals surface area contributed by atoms with Crippen molar-refractivity contribution in [1.29, 1.82) is 0 Å². The first-order valence-electron chi connectivity index (χ1n) is 8.91. The Hall–Kier alpha value is -2.94. The van der Waals surface area contributed by atoms with E-state index in [1.807, 2.05) is 24.3 Å². The Balaban J connectivity index is 1.88. The van der Waals surface area contributed by atoms with Crippen LogP contribution in [0, 0.1) is 0 Å². The fourth-order valence-corrected chi connectivity index (χ4v) is 3.90. The lowest BCUT2D eigenvalue weighted by Crippen LogP contribution is -2.29. The number of carbonyl (C=O) groups is 1. The lowest BCUT2D eigenvalue weighted by molar-refractivity contribution is -0.137. The van der Waals surface area contributed by atoms with E-state index in [0.717, 1.165) is 23.4 Å². The Morgan fingerprint density at radius 2 is 1.93 bits per heavy atom. The van der Waals surface area contributed by atoms with Gasteiger partial charge in [-0.15, -0.1) is 0 Å². The van der Waals surface area contributed by atoms with Crippen LogP contribution in [-0.2, 0) is 16.7 Å². The van der Waals surface area contributed by atoms with Gasteiger partial charge in [0.2, 0.25) is 0 Å². The monoisotopic (exact) mass is 436 g/mol. The van der Waals surface area contributed by atoms with E-state index >= 15 is 0 Å². The van der Waals surface area contributed by atoms with E-state index in [0.29, 0.717) is 16.6 Å². The molecule has 1 aliphatic rings. The molecule has 0 aromatic heterocycles. The maximum absolute atomic E-state index is 13.1. The number of aliphatic imine (C=N–C) groups is 1. The van der Waals surface area contributed by atoms with E-state index in [2.05, 4.69) is 10.3 Å². The topological polar surface area (TPSA) is 70.9 Å². The zero-order valence-corrected chi connectivity index (χ0v) is 17.0. The number of methoxy groups -OCH3 is 1. The molecule has 0 saturated heterocycles. The average Bonchev–Trinajstić information content (AvgIpc) is 2.71. The van der Waals surface area contributed by atoms with E-state index < -0.39 is 23.8 Å². The third kappa shape index (κ3) is 4.96. The SMILES string of the molecule is COc1ccc(CSC2=NC(c3cccc(C(F)(F)F)c3)C(C(=O)O)=C(C)N2)cc1. The molecule has 5 nitrogen and oxygen atoms in total. The van der Waals surface area contributed by atoms with Gasteiger partial charge in [-0.05, 0) is 42.3 Å². The number of benzene rings is 2. The Morgan fingerprint density at radius 3 is 2.53 bits per heavy atom. The number of hydrogen-bond acceptors (Lipinski definition) is 5. The number of nitrogens with one attached hydrogen (secondary N) is 1. The van der Waals surface area contributed by atoms with Crippen molar-refractivity contribution in [3.63, 3.8) is 0 Å². The second-order valence-corrected chi connectivity index (χ2v) is 7.53. The Morgan fingerprint density at radius 1 is 1.23 bits per heavy atom. The van der Waals surface area contributed by atoms with E-state index in [4.69, 9.17) is 4.74 Å². The Labute approximate surface area is 175 Å². The van der Waals surface area contributed by atoms with Gasteiger partial charge in [0.1, 0.15) is 11.8 Å². The minimum atomic E-state index is -4.53. The summed E-state index contributed by atoms with van der Waals surface area (Å²) in [7, 11) is 1.58. The highest BCUT2D eigenvalue weighted by Crippen LogP contribution is 2.36. The molecule has 0 aliphatic carbocycles. The number of nitrogens with zero attached hydrogens (tertiary/aromatic N) is 1. The molecule has 0 fully saturated rings. The summed E-state index contributed by atoms with van der Waals surface area (Å²) in [6, 6.07) is 11.0. The lowest BCUT2D eigenvalue weighted by Gasteiger charge is -2.25. The summed E-state index contributed by atoms with van der Waals surface area (Å²) in [5.41, 5.74) is 0.584. The highest BCUT2D eigenvalue weighted by atomic mass is 32.2. The number of thioether (sulfide) groups is 1. The number of alkyl halides is 3. The second-order valence-electron chi connectivity index (χ2n) is 6.57. The molecule has 9 heteroatoms. The standard InChI is InChI=1S/C21H19F3N2O3S/c1-12-17(19(27)28)18(14-4-3-5-15(10-14)21(22,23)24)26-20(25-12)30-11-13-6-8-16(29-2)9-7-13/h3-10,18H,11H2,1-2H3,(H,25,26)(H,27,28). The molecule has 0 bridgehead atoms. The molecule has 3 rings (SSSR count). The van der Waals surface area contributed by atoms with Crippen LogP contribution in [0.2, 0.25) is 0 Å². The molecule has 1 atom stereocenters.